The minimum Gasteiger partial charge on any atom is -0.352 e. The number of anilines is 1. The molecule has 4 heteroatoms. The van der Waals surface area contributed by atoms with Crippen molar-refractivity contribution in [1.29, 1.82) is 0 Å². The highest BCUT2D eigenvalue weighted by Gasteiger charge is 2.62. The number of rotatable bonds is 0. The van der Waals surface area contributed by atoms with Crippen molar-refractivity contribution in [2.45, 2.75) is 45.2 Å². The Morgan fingerprint density at radius 2 is 1.93 bits per heavy atom. The number of H-pyrrole nitrogens is 1. The van der Waals surface area contributed by atoms with Gasteiger partial charge < -0.3 is 10.3 Å². The molecule has 1 aromatic heterocycles. The van der Waals surface area contributed by atoms with E-state index in [9.17, 15) is 4.79 Å². The van der Waals surface area contributed by atoms with Crippen molar-refractivity contribution in [3.8, 4) is 0 Å². The van der Waals surface area contributed by atoms with Gasteiger partial charge in [0.15, 0.2) is 0 Å². The van der Waals surface area contributed by atoms with E-state index in [0.29, 0.717) is 0 Å². The molecule has 3 aromatic rings. The summed E-state index contributed by atoms with van der Waals surface area (Å²) < 4.78 is 0. The number of carbonyl (C=O) groups is 1. The van der Waals surface area contributed by atoms with Crippen LogP contribution in [0.1, 0.15) is 48.7 Å². The van der Waals surface area contributed by atoms with E-state index in [2.05, 4.69) is 85.4 Å². The number of nitrogens with two attached hydrogens (primary N) is 1. The quantitative estimate of drug-likeness (QED) is 0.613. The van der Waals surface area contributed by atoms with E-state index in [0.717, 1.165) is 35.4 Å². The summed E-state index contributed by atoms with van der Waals surface area (Å²) in [5, 5.41) is 3.52. The van der Waals surface area contributed by atoms with Crippen molar-refractivity contribution in [3.63, 3.8) is 0 Å². The van der Waals surface area contributed by atoms with E-state index in [1.54, 1.807) is 0 Å². The number of para-hydroxylation sites is 1. The monoisotopic (exact) mass is 384 g/mol. The van der Waals surface area contributed by atoms with Gasteiger partial charge in [0, 0.05) is 22.9 Å². The van der Waals surface area contributed by atoms with E-state index >= 15 is 0 Å². The molecule has 1 amide bonds. The van der Waals surface area contributed by atoms with Gasteiger partial charge >= 0.3 is 5.91 Å². The second-order valence-electron chi connectivity index (χ2n) is 9.41. The predicted molar refractivity (Wildman–Crippen MR) is 116 cm³/mol. The average molecular weight is 385 g/mol. The van der Waals surface area contributed by atoms with Gasteiger partial charge in [-0.05, 0) is 62.6 Å². The molecule has 3 aliphatic heterocycles. The van der Waals surface area contributed by atoms with E-state index in [1.807, 2.05) is 0 Å². The fraction of sp³-hybridized carbons (Fsp3) is 0.320. The van der Waals surface area contributed by atoms with Crippen molar-refractivity contribution in [1.82, 2.24) is 4.98 Å². The zero-order valence-corrected chi connectivity index (χ0v) is 17.4. The molecule has 0 saturated carbocycles. The summed E-state index contributed by atoms with van der Waals surface area (Å²) in [5.41, 5.74) is 8.33. The first-order valence-corrected chi connectivity index (χ1v) is 10.5. The van der Waals surface area contributed by atoms with Crippen molar-refractivity contribution in [2.75, 3.05) is 11.4 Å². The highest BCUT2D eigenvalue weighted by Crippen LogP contribution is 2.53. The van der Waals surface area contributed by atoms with Crippen LogP contribution in [-0.4, -0.2) is 23.0 Å². The molecule has 6 rings (SSSR count). The molecule has 4 nitrogen and oxygen atoms in total. The second kappa shape index (κ2) is 5.19. The van der Waals surface area contributed by atoms with Crippen molar-refractivity contribution in [3.05, 3.63) is 70.4 Å². The predicted octanol–water partition coefficient (Wildman–Crippen LogP) is 3.38. The number of allylic oxidation sites excluding steroid dienone is 1. The van der Waals surface area contributed by atoms with Crippen LogP contribution in [-0.2, 0) is 16.8 Å². The number of aromatic amines is 1. The summed E-state index contributed by atoms with van der Waals surface area (Å²) in [6, 6.07) is 12.9. The molecule has 1 spiro atoms. The number of aromatic nitrogens is 1. The number of amides is 1. The van der Waals surface area contributed by atoms with Crippen LogP contribution in [0.4, 0.5) is 5.69 Å². The van der Waals surface area contributed by atoms with Gasteiger partial charge in [0.2, 0.25) is 5.54 Å². The summed E-state index contributed by atoms with van der Waals surface area (Å²) in [6.45, 7) is 9.51. The van der Waals surface area contributed by atoms with Gasteiger partial charge in [0.25, 0.3) is 0 Å². The molecule has 0 aliphatic carbocycles. The van der Waals surface area contributed by atoms with E-state index in [-0.39, 0.29) is 11.4 Å². The third kappa shape index (κ3) is 1.90. The number of fused-ring (bicyclic) bond motifs is 5. The number of hydrogen-bond donors (Lipinski definition) is 2. The lowest BCUT2D eigenvalue weighted by molar-refractivity contribution is -0.714. The lowest BCUT2D eigenvalue weighted by Gasteiger charge is -2.39. The van der Waals surface area contributed by atoms with Gasteiger partial charge in [-0.3, -0.25) is 9.69 Å². The highest BCUT2D eigenvalue weighted by molar-refractivity contribution is 6.14. The van der Waals surface area contributed by atoms with Gasteiger partial charge in [-0.25, -0.2) is 0 Å². The molecule has 146 valence electrons. The molecule has 29 heavy (non-hydrogen) atoms. The minimum atomic E-state index is -0.724. The summed E-state index contributed by atoms with van der Waals surface area (Å²) in [5.74, 6) is 0.181. The number of carbonyl (C=O) groups excluding carboxylic acids is 1. The lowest BCUT2D eigenvalue weighted by Crippen LogP contribution is -2.99. The smallest absolute Gasteiger partial charge is 0.300 e. The number of nitrogens with one attached hydrogen (secondary N) is 1. The third-order valence-corrected chi connectivity index (χ3v) is 7.07. The summed E-state index contributed by atoms with van der Waals surface area (Å²) in [6.07, 6.45) is 3.22. The van der Waals surface area contributed by atoms with Crippen LogP contribution in [0.15, 0.2) is 42.5 Å². The standard InChI is InChI=1S/C25H25N3O/c1-14-11-18-15(2)13-24(3,4)28-21(18)19(12-14)25(23(28)29)22-17(9-10-26-25)16-7-5-6-8-20(16)27-22/h5-8,11-13,26-27H,9-10H2,1-4H3/p+1/t25-/m1/s1. The summed E-state index contributed by atoms with van der Waals surface area (Å²) >= 11 is 0. The number of benzene rings is 2. The van der Waals surface area contributed by atoms with Gasteiger partial charge in [-0.1, -0.05) is 24.3 Å². The second-order valence-corrected chi connectivity index (χ2v) is 9.41. The Hall–Kier alpha value is -2.85. The normalized spacial score (nSPS) is 24.1. The Morgan fingerprint density at radius 3 is 2.76 bits per heavy atom. The Kier molecular flexibility index (Phi) is 3.05. The topological polar surface area (TPSA) is 52.7 Å². The fourth-order valence-electron chi connectivity index (χ4n) is 6.01. The minimum absolute atomic E-state index is 0.181. The maximum atomic E-state index is 14.3. The van der Waals surface area contributed by atoms with Gasteiger partial charge in [-0.15, -0.1) is 0 Å². The fourth-order valence-corrected chi connectivity index (χ4v) is 6.01. The van der Waals surface area contributed by atoms with Gasteiger partial charge in [0.1, 0.15) is 0 Å². The Balaban J connectivity index is 1.74. The van der Waals surface area contributed by atoms with Crippen LogP contribution in [0, 0.1) is 6.92 Å². The maximum absolute atomic E-state index is 14.3. The lowest BCUT2D eigenvalue weighted by atomic mass is 9.80. The Bertz CT molecular complexity index is 1260. The molecular weight excluding hydrogens is 358 g/mol. The molecule has 0 radical (unpaired) electrons. The maximum Gasteiger partial charge on any atom is 0.300 e. The molecule has 0 unspecified atom stereocenters. The van der Waals surface area contributed by atoms with E-state index in [1.165, 1.54) is 27.6 Å². The summed E-state index contributed by atoms with van der Waals surface area (Å²) in [7, 11) is 0. The third-order valence-electron chi connectivity index (χ3n) is 7.07. The summed E-state index contributed by atoms with van der Waals surface area (Å²) in [4.78, 5) is 20.0. The van der Waals surface area contributed by atoms with Gasteiger partial charge in [-0.2, -0.15) is 0 Å². The van der Waals surface area contributed by atoms with Crippen molar-refractivity contribution >= 4 is 28.1 Å². The van der Waals surface area contributed by atoms with Crippen LogP contribution in [0.2, 0.25) is 0 Å². The van der Waals surface area contributed by atoms with Crippen molar-refractivity contribution in [2.24, 2.45) is 0 Å². The first kappa shape index (κ1) is 17.0. The Labute approximate surface area is 170 Å². The van der Waals surface area contributed by atoms with E-state index in [4.69, 9.17) is 0 Å². The van der Waals surface area contributed by atoms with Crippen molar-refractivity contribution < 1.29 is 10.1 Å². The van der Waals surface area contributed by atoms with Crippen LogP contribution in [0.3, 0.4) is 0 Å². The molecule has 0 saturated heterocycles. The number of quaternary nitrogens is 1. The molecule has 0 bridgehead atoms. The first-order valence-electron chi connectivity index (χ1n) is 10.5. The molecule has 0 fully saturated rings. The van der Waals surface area contributed by atoms with Crippen LogP contribution >= 0.6 is 0 Å². The molecule has 1 atom stereocenters. The zero-order valence-electron chi connectivity index (χ0n) is 17.4. The van der Waals surface area contributed by atoms with E-state index < -0.39 is 5.54 Å². The first-order chi connectivity index (χ1) is 13.8. The number of nitrogens with zero attached hydrogens (tertiary/aromatic N) is 1. The largest absolute Gasteiger partial charge is 0.352 e. The number of aryl methyl sites for hydroxylation is 1. The zero-order chi connectivity index (χ0) is 20.1. The van der Waals surface area contributed by atoms with Crippen LogP contribution < -0.4 is 10.2 Å². The molecular formula is C25H26N3O+. The highest BCUT2D eigenvalue weighted by atomic mass is 16.2. The average Bonchev–Trinajstić information content (AvgIpc) is 3.17. The van der Waals surface area contributed by atoms with Crippen LogP contribution in [0.5, 0.6) is 0 Å². The number of hydrogen-bond acceptors (Lipinski definition) is 1. The molecule has 2 aromatic carbocycles. The molecule has 3 N–H and O–H groups in total. The SMILES string of the molecule is CC1=CC(C)(C)N2C(=O)[C@@]3([NH2+]CCc4c3[nH]c3ccccc43)c3cc(C)cc1c32. The van der Waals surface area contributed by atoms with Gasteiger partial charge in [0.05, 0.1) is 29.0 Å². The van der Waals surface area contributed by atoms with Crippen LogP contribution in [0.25, 0.3) is 16.5 Å². The Morgan fingerprint density at radius 1 is 1.14 bits per heavy atom. The molecule has 4 heterocycles. The molecule has 3 aliphatic rings.